The van der Waals surface area contributed by atoms with Crippen molar-refractivity contribution in [2.75, 3.05) is 26.4 Å². The van der Waals surface area contributed by atoms with Crippen LogP contribution in [0.5, 0.6) is 11.5 Å². The molecule has 0 spiro atoms. The van der Waals surface area contributed by atoms with Crippen molar-refractivity contribution in [3.63, 3.8) is 0 Å². The molecule has 2 aromatic carbocycles. The van der Waals surface area contributed by atoms with Gasteiger partial charge in [-0.15, -0.1) is 0 Å². The van der Waals surface area contributed by atoms with Crippen LogP contribution in [0.3, 0.4) is 0 Å². The van der Waals surface area contributed by atoms with E-state index in [4.69, 9.17) is 9.47 Å². The van der Waals surface area contributed by atoms with Gasteiger partial charge < -0.3 is 19.9 Å². The predicted molar refractivity (Wildman–Crippen MR) is 112 cm³/mol. The van der Waals surface area contributed by atoms with Crippen molar-refractivity contribution >= 4 is 0 Å². The van der Waals surface area contributed by atoms with E-state index in [2.05, 4.69) is 46.7 Å². The van der Waals surface area contributed by atoms with E-state index in [0.29, 0.717) is 19.8 Å². The van der Waals surface area contributed by atoms with Crippen LogP contribution in [0.15, 0.2) is 48.7 Å². The monoisotopic (exact) mass is 393 g/mol. The van der Waals surface area contributed by atoms with Gasteiger partial charge in [-0.25, -0.2) is 0 Å². The number of benzene rings is 2. The molecule has 29 heavy (non-hydrogen) atoms. The molecule has 152 valence electrons. The summed E-state index contributed by atoms with van der Waals surface area (Å²) >= 11 is 0. The van der Waals surface area contributed by atoms with Gasteiger partial charge in [0.2, 0.25) is 0 Å². The maximum Gasteiger partial charge on any atom is 0.162 e. The van der Waals surface area contributed by atoms with Crippen molar-refractivity contribution in [1.29, 1.82) is 0 Å². The van der Waals surface area contributed by atoms with Gasteiger partial charge in [-0.3, -0.25) is 5.10 Å². The number of rotatable bonds is 8. The molecule has 1 aromatic heterocycles. The molecule has 0 bridgehead atoms. The molecule has 0 amide bonds. The van der Waals surface area contributed by atoms with E-state index in [1.54, 1.807) is 0 Å². The number of aryl methyl sites for hydroxylation is 1. The first-order valence-corrected chi connectivity index (χ1v) is 10.0. The van der Waals surface area contributed by atoms with Crippen LogP contribution in [-0.4, -0.2) is 41.7 Å². The first kappa shape index (κ1) is 19.5. The number of ether oxygens (including phenoxy) is 2. The van der Waals surface area contributed by atoms with Crippen LogP contribution in [-0.2, 0) is 13.0 Å². The number of H-pyrrole nitrogens is 1. The van der Waals surface area contributed by atoms with E-state index in [1.807, 2.05) is 24.4 Å². The first-order valence-electron chi connectivity index (χ1n) is 10.0. The van der Waals surface area contributed by atoms with E-state index in [0.717, 1.165) is 41.3 Å². The number of aliphatic hydroxyl groups is 1. The number of hydrogen-bond donors (Lipinski definition) is 3. The lowest BCUT2D eigenvalue weighted by Crippen LogP contribution is -2.26. The maximum absolute atomic E-state index is 9.76. The van der Waals surface area contributed by atoms with Crippen LogP contribution >= 0.6 is 0 Å². The number of hydrogen-bond acceptors (Lipinski definition) is 5. The minimum Gasteiger partial charge on any atom is -0.486 e. The first-order chi connectivity index (χ1) is 14.2. The minimum atomic E-state index is 0.154. The number of nitrogens with one attached hydrogen (secondary N) is 2. The molecule has 0 radical (unpaired) electrons. The van der Waals surface area contributed by atoms with Gasteiger partial charge in [-0.2, -0.15) is 5.10 Å². The molecule has 1 aliphatic rings. The summed E-state index contributed by atoms with van der Waals surface area (Å²) in [5.41, 5.74) is 5.56. The Bertz CT molecular complexity index is 937. The van der Waals surface area contributed by atoms with E-state index in [1.165, 1.54) is 11.1 Å². The Morgan fingerprint density at radius 3 is 2.69 bits per heavy atom. The van der Waals surface area contributed by atoms with Crippen molar-refractivity contribution in [2.24, 2.45) is 5.92 Å². The highest BCUT2D eigenvalue weighted by Gasteiger charge is 2.15. The Kier molecular flexibility index (Phi) is 6.12. The summed E-state index contributed by atoms with van der Waals surface area (Å²) in [5, 5.41) is 20.5. The molecule has 1 unspecified atom stereocenters. The van der Waals surface area contributed by atoms with Gasteiger partial charge in [0.1, 0.15) is 13.2 Å². The van der Waals surface area contributed by atoms with Gasteiger partial charge in [0, 0.05) is 30.8 Å². The highest BCUT2D eigenvalue weighted by molar-refractivity contribution is 5.66. The van der Waals surface area contributed by atoms with Gasteiger partial charge in [-0.05, 0) is 43.0 Å². The zero-order chi connectivity index (χ0) is 20.1. The number of aromatic amines is 1. The molecular formula is C23H27N3O3. The summed E-state index contributed by atoms with van der Waals surface area (Å²) in [4.78, 5) is 0. The lowest BCUT2D eigenvalue weighted by Gasteiger charge is -2.19. The zero-order valence-corrected chi connectivity index (χ0v) is 16.6. The zero-order valence-electron chi connectivity index (χ0n) is 16.6. The second-order valence-corrected chi connectivity index (χ2v) is 7.50. The summed E-state index contributed by atoms with van der Waals surface area (Å²) in [7, 11) is 0. The van der Waals surface area contributed by atoms with E-state index in [9.17, 15) is 5.11 Å². The van der Waals surface area contributed by atoms with Gasteiger partial charge in [0.05, 0.1) is 11.9 Å². The molecule has 2 heterocycles. The third-order valence-electron chi connectivity index (χ3n) is 5.20. The fraction of sp³-hybridized carbons (Fsp3) is 0.348. The van der Waals surface area contributed by atoms with Crippen LogP contribution in [0.2, 0.25) is 0 Å². The molecule has 1 atom stereocenters. The minimum absolute atomic E-state index is 0.154. The topological polar surface area (TPSA) is 79.4 Å². The van der Waals surface area contributed by atoms with Crippen LogP contribution in [0.4, 0.5) is 0 Å². The van der Waals surface area contributed by atoms with Crippen molar-refractivity contribution in [2.45, 2.75) is 19.9 Å². The summed E-state index contributed by atoms with van der Waals surface area (Å²) in [6, 6.07) is 14.4. The maximum atomic E-state index is 9.76. The second-order valence-electron chi connectivity index (χ2n) is 7.50. The Morgan fingerprint density at radius 1 is 1.10 bits per heavy atom. The van der Waals surface area contributed by atoms with Gasteiger partial charge in [-0.1, -0.05) is 29.8 Å². The Morgan fingerprint density at radius 2 is 1.90 bits per heavy atom. The SMILES string of the molecule is Cc1ccc(CC(CO)CNCc2cn[nH]c2-c2ccc3c(c2)OCCO3)cc1. The fourth-order valence-corrected chi connectivity index (χ4v) is 3.56. The molecule has 6 nitrogen and oxygen atoms in total. The normalized spacial score (nSPS) is 14.0. The summed E-state index contributed by atoms with van der Waals surface area (Å²) in [5.74, 6) is 1.71. The summed E-state index contributed by atoms with van der Waals surface area (Å²) in [6.45, 7) is 4.79. The average molecular weight is 393 g/mol. The molecular weight excluding hydrogens is 366 g/mol. The molecule has 3 N–H and O–H groups in total. The van der Waals surface area contributed by atoms with Crippen molar-refractivity contribution < 1.29 is 14.6 Å². The van der Waals surface area contributed by atoms with Gasteiger partial charge in [0.25, 0.3) is 0 Å². The standard InChI is InChI=1S/C23H27N3O3/c1-16-2-4-17(5-3-16)10-18(15-27)12-24-13-20-14-25-26-23(20)19-6-7-21-22(11-19)29-9-8-28-21/h2-7,11,14,18,24,27H,8-10,12-13,15H2,1H3,(H,25,26). The van der Waals surface area contributed by atoms with Gasteiger partial charge in [0.15, 0.2) is 11.5 Å². The molecule has 0 saturated heterocycles. The smallest absolute Gasteiger partial charge is 0.162 e. The molecule has 0 saturated carbocycles. The Labute approximate surface area is 170 Å². The van der Waals surface area contributed by atoms with Crippen LogP contribution < -0.4 is 14.8 Å². The molecule has 4 rings (SSSR count). The quantitative estimate of drug-likeness (QED) is 0.548. The molecule has 0 fully saturated rings. The van der Waals surface area contributed by atoms with E-state index < -0.39 is 0 Å². The third kappa shape index (κ3) is 4.78. The van der Waals surface area contributed by atoms with Crippen LogP contribution in [0.25, 0.3) is 11.3 Å². The lowest BCUT2D eigenvalue weighted by molar-refractivity contribution is 0.171. The molecule has 1 aliphatic heterocycles. The largest absolute Gasteiger partial charge is 0.486 e. The summed E-state index contributed by atoms with van der Waals surface area (Å²) in [6.07, 6.45) is 2.69. The van der Waals surface area contributed by atoms with E-state index in [-0.39, 0.29) is 12.5 Å². The predicted octanol–water partition coefficient (Wildman–Crippen LogP) is 3.10. The lowest BCUT2D eigenvalue weighted by atomic mass is 9.99. The average Bonchev–Trinajstić information content (AvgIpc) is 3.22. The van der Waals surface area contributed by atoms with E-state index >= 15 is 0 Å². The molecule has 6 heteroatoms. The van der Waals surface area contributed by atoms with Crippen LogP contribution in [0.1, 0.15) is 16.7 Å². The fourth-order valence-electron chi connectivity index (χ4n) is 3.56. The number of aliphatic hydroxyl groups excluding tert-OH is 1. The molecule has 0 aliphatic carbocycles. The van der Waals surface area contributed by atoms with Crippen LogP contribution in [0, 0.1) is 12.8 Å². The Hall–Kier alpha value is -2.83. The Balaban J connectivity index is 1.37. The number of fused-ring (bicyclic) bond motifs is 1. The highest BCUT2D eigenvalue weighted by atomic mass is 16.6. The van der Waals surface area contributed by atoms with Crippen molar-refractivity contribution in [1.82, 2.24) is 15.5 Å². The molecule has 3 aromatic rings. The second kappa shape index (κ2) is 9.11. The summed E-state index contributed by atoms with van der Waals surface area (Å²) < 4.78 is 11.3. The van der Waals surface area contributed by atoms with Gasteiger partial charge >= 0.3 is 0 Å². The number of nitrogens with zero attached hydrogens (tertiary/aromatic N) is 1. The third-order valence-corrected chi connectivity index (χ3v) is 5.20. The highest BCUT2D eigenvalue weighted by Crippen LogP contribution is 2.34. The van der Waals surface area contributed by atoms with Crippen molar-refractivity contribution in [3.8, 4) is 22.8 Å². The van der Waals surface area contributed by atoms with Crippen molar-refractivity contribution in [3.05, 3.63) is 65.4 Å². The number of aromatic nitrogens is 2.